The van der Waals surface area contributed by atoms with Crippen molar-refractivity contribution >= 4 is 17.7 Å². The number of carbonyl (C=O) groups is 1. The third-order valence-corrected chi connectivity index (χ3v) is 10.2. The highest BCUT2D eigenvalue weighted by Gasteiger charge is 2.66. The maximum absolute atomic E-state index is 12.3. The van der Waals surface area contributed by atoms with Gasteiger partial charge in [-0.05, 0) is 92.2 Å². The molecule has 0 aromatic carbocycles. The van der Waals surface area contributed by atoms with Crippen molar-refractivity contribution in [1.29, 1.82) is 0 Å². The van der Waals surface area contributed by atoms with Crippen LogP contribution >= 0.6 is 11.6 Å². The Morgan fingerprint density at radius 2 is 2.00 bits per heavy atom. The number of carbonyl (C=O) groups excluding carboxylic acids is 1. The predicted molar refractivity (Wildman–Crippen MR) is 130 cm³/mol. The number of allylic oxidation sites excluding steroid dienone is 1. The maximum atomic E-state index is 12.3. The van der Waals surface area contributed by atoms with E-state index >= 15 is 0 Å². The fraction of sp³-hybridized carbons (Fsp3) is 0.704. The molecule has 186 valence electrons. The zero-order valence-corrected chi connectivity index (χ0v) is 20.9. The SMILES string of the molecule is C[C@]12CC[C@H](OC(=O)NCCCl)C=C1CCC1C2CC[C@]2(C)[C@@H](c3ccc(=O)oc3)CC[C@]12O. The minimum absolute atomic E-state index is 0.0318. The highest BCUT2D eigenvalue weighted by molar-refractivity contribution is 6.18. The van der Waals surface area contributed by atoms with Gasteiger partial charge in [-0.25, -0.2) is 9.59 Å². The third-order valence-electron chi connectivity index (χ3n) is 10.0. The molecule has 4 aliphatic carbocycles. The molecule has 4 aliphatic rings. The predicted octanol–water partition coefficient (Wildman–Crippen LogP) is 5.13. The van der Waals surface area contributed by atoms with Gasteiger partial charge in [0, 0.05) is 23.9 Å². The number of rotatable bonds is 4. The number of aliphatic hydroxyl groups is 1. The first-order chi connectivity index (χ1) is 16.2. The van der Waals surface area contributed by atoms with Gasteiger partial charge in [-0.15, -0.1) is 11.6 Å². The molecular formula is C27H36ClNO5. The number of amides is 1. The van der Waals surface area contributed by atoms with Crippen LogP contribution in [0.3, 0.4) is 0 Å². The summed E-state index contributed by atoms with van der Waals surface area (Å²) < 4.78 is 10.8. The maximum Gasteiger partial charge on any atom is 0.407 e. The molecule has 2 unspecified atom stereocenters. The summed E-state index contributed by atoms with van der Waals surface area (Å²) in [6, 6.07) is 3.38. The Kier molecular flexibility index (Phi) is 6.12. The van der Waals surface area contributed by atoms with E-state index in [-0.39, 0.29) is 34.4 Å². The van der Waals surface area contributed by atoms with E-state index in [4.69, 9.17) is 20.8 Å². The van der Waals surface area contributed by atoms with E-state index in [0.717, 1.165) is 56.9 Å². The Labute approximate surface area is 206 Å². The average Bonchev–Trinajstić information content (AvgIpc) is 3.10. The van der Waals surface area contributed by atoms with Crippen LogP contribution in [0.1, 0.15) is 76.7 Å². The number of hydrogen-bond acceptors (Lipinski definition) is 5. The van der Waals surface area contributed by atoms with Crippen LogP contribution in [-0.4, -0.2) is 35.3 Å². The first-order valence-corrected chi connectivity index (χ1v) is 13.3. The highest BCUT2D eigenvalue weighted by Crippen LogP contribution is 2.70. The van der Waals surface area contributed by atoms with Gasteiger partial charge in [0.05, 0.1) is 11.9 Å². The smallest absolute Gasteiger partial charge is 0.407 e. The van der Waals surface area contributed by atoms with Gasteiger partial charge in [0.1, 0.15) is 6.10 Å². The number of hydrogen-bond donors (Lipinski definition) is 2. The van der Waals surface area contributed by atoms with Crippen LogP contribution in [-0.2, 0) is 4.74 Å². The fourth-order valence-electron chi connectivity index (χ4n) is 8.19. The van der Waals surface area contributed by atoms with Crippen LogP contribution in [0.25, 0.3) is 0 Å². The molecule has 1 aromatic rings. The first kappa shape index (κ1) is 23.9. The van der Waals surface area contributed by atoms with E-state index in [9.17, 15) is 14.7 Å². The van der Waals surface area contributed by atoms with E-state index in [1.165, 1.54) is 11.6 Å². The summed E-state index contributed by atoms with van der Waals surface area (Å²) in [6.45, 7) is 5.02. The summed E-state index contributed by atoms with van der Waals surface area (Å²) in [5.41, 5.74) is 1.17. The number of fused-ring (bicyclic) bond motifs is 5. The molecule has 0 spiro atoms. The fourth-order valence-corrected chi connectivity index (χ4v) is 8.28. The molecule has 0 saturated heterocycles. The lowest BCUT2D eigenvalue weighted by atomic mass is 9.45. The second-order valence-corrected chi connectivity index (χ2v) is 11.7. The van der Waals surface area contributed by atoms with Crippen molar-refractivity contribution in [3.8, 4) is 0 Å². The standard InChI is InChI=1S/C27H36ClNO5/c1-25-10-7-19(34-24(31)29-14-13-28)15-18(25)4-5-22-21(25)8-11-26(2)20(9-12-27(22,26)32)17-3-6-23(30)33-16-17/h3,6,15-16,19-22,32H,4-5,7-14H2,1-2H3,(H,29,31)/t19-,20+,21?,22?,25-,26+,27-/m0/s1. The lowest BCUT2D eigenvalue weighted by Gasteiger charge is -2.61. The van der Waals surface area contributed by atoms with E-state index in [2.05, 4.69) is 25.2 Å². The highest BCUT2D eigenvalue weighted by atomic mass is 35.5. The van der Waals surface area contributed by atoms with Crippen molar-refractivity contribution < 1.29 is 19.1 Å². The van der Waals surface area contributed by atoms with Gasteiger partial charge in [-0.3, -0.25) is 0 Å². The molecule has 1 amide bonds. The van der Waals surface area contributed by atoms with E-state index in [0.29, 0.717) is 18.3 Å². The van der Waals surface area contributed by atoms with Crippen LogP contribution in [0.2, 0.25) is 0 Å². The number of alkyl carbamates (subject to hydrolysis) is 1. The Hall–Kier alpha value is -1.79. The van der Waals surface area contributed by atoms with Gasteiger partial charge in [-0.2, -0.15) is 0 Å². The topological polar surface area (TPSA) is 88.8 Å². The molecule has 5 rings (SSSR count). The largest absolute Gasteiger partial charge is 0.442 e. The molecule has 7 heteroatoms. The molecule has 0 aliphatic heterocycles. The molecule has 3 saturated carbocycles. The summed E-state index contributed by atoms with van der Waals surface area (Å²) in [5, 5.41) is 15.0. The number of halogens is 1. The minimum Gasteiger partial charge on any atom is -0.442 e. The molecule has 6 nitrogen and oxygen atoms in total. The van der Waals surface area contributed by atoms with Crippen LogP contribution in [0.5, 0.6) is 0 Å². The van der Waals surface area contributed by atoms with Crippen molar-refractivity contribution in [2.45, 2.75) is 82.8 Å². The van der Waals surface area contributed by atoms with Crippen molar-refractivity contribution in [2.75, 3.05) is 12.4 Å². The molecule has 34 heavy (non-hydrogen) atoms. The number of alkyl halides is 1. The van der Waals surface area contributed by atoms with Crippen molar-refractivity contribution in [2.24, 2.45) is 22.7 Å². The zero-order chi connectivity index (χ0) is 24.1. The van der Waals surface area contributed by atoms with Crippen LogP contribution in [0, 0.1) is 22.7 Å². The lowest BCUT2D eigenvalue weighted by Crippen LogP contribution is -2.60. The average molecular weight is 490 g/mol. The van der Waals surface area contributed by atoms with Gasteiger partial charge >= 0.3 is 11.7 Å². The monoisotopic (exact) mass is 489 g/mol. The number of ether oxygens (including phenoxy) is 1. The molecule has 0 radical (unpaired) electrons. The summed E-state index contributed by atoms with van der Waals surface area (Å²) in [7, 11) is 0. The Morgan fingerprint density at radius 3 is 2.74 bits per heavy atom. The normalized spacial score (nSPS) is 41.0. The van der Waals surface area contributed by atoms with E-state index < -0.39 is 11.7 Å². The van der Waals surface area contributed by atoms with Gasteiger partial charge in [-0.1, -0.05) is 19.4 Å². The quantitative estimate of drug-likeness (QED) is 0.452. The summed E-state index contributed by atoms with van der Waals surface area (Å²) >= 11 is 5.65. The minimum atomic E-state index is -0.722. The van der Waals surface area contributed by atoms with E-state index in [1.807, 2.05) is 6.07 Å². The Bertz CT molecular complexity index is 1020. The van der Waals surface area contributed by atoms with Gasteiger partial charge in [0.25, 0.3) is 0 Å². The zero-order valence-electron chi connectivity index (χ0n) is 20.1. The Morgan fingerprint density at radius 1 is 1.18 bits per heavy atom. The molecule has 1 aromatic heterocycles. The van der Waals surface area contributed by atoms with Crippen molar-refractivity contribution in [3.05, 3.63) is 46.0 Å². The van der Waals surface area contributed by atoms with Crippen LogP contribution < -0.4 is 10.9 Å². The summed E-state index contributed by atoms with van der Waals surface area (Å²) in [5.74, 6) is 1.23. The molecule has 1 heterocycles. The van der Waals surface area contributed by atoms with Gasteiger partial charge in [0.15, 0.2) is 0 Å². The second kappa shape index (κ2) is 8.70. The summed E-state index contributed by atoms with van der Waals surface area (Å²) in [4.78, 5) is 23.5. The molecule has 3 fully saturated rings. The first-order valence-electron chi connectivity index (χ1n) is 12.7. The van der Waals surface area contributed by atoms with Gasteiger partial charge < -0.3 is 19.6 Å². The third kappa shape index (κ3) is 3.63. The van der Waals surface area contributed by atoms with Crippen LogP contribution in [0.15, 0.2) is 39.3 Å². The Balaban J connectivity index is 1.37. The van der Waals surface area contributed by atoms with Crippen LogP contribution in [0.4, 0.5) is 4.79 Å². The second-order valence-electron chi connectivity index (χ2n) is 11.3. The number of nitrogens with one attached hydrogen (secondary N) is 1. The van der Waals surface area contributed by atoms with Crippen molar-refractivity contribution in [1.82, 2.24) is 5.32 Å². The van der Waals surface area contributed by atoms with E-state index in [1.54, 1.807) is 6.26 Å². The molecular weight excluding hydrogens is 454 g/mol. The molecule has 2 N–H and O–H groups in total. The molecule has 7 atom stereocenters. The van der Waals surface area contributed by atoms with Crippen molar-refractivity contribution in [3.63, 3.8) is 0 Å². The van der Waals surface area contributed by atoms with Gasteiger partial charge in [0.2, 0.25) is 0 Å². The molecule has 0 bridgehead atoms. The lowest BCUT2D eigenvalue weighted by molar-refractivity contribution is -0.178. The summed E-state index contributed by atoms with van der Waals surface area (Å²) in [6.07, 6.45) is 10.6.